The molecule has 1 aromatic carbocycles. The Morgan fingerprint density at radius 3 is 2.64 bits per heavy atom. The molecule has 0 aliphatic carbocycles. The number of amides is 2. The second-order valence-electron chi connectivity index (χ2n) is 5.09. The van der Waals surface area contributed by atoms with E-state index in [1.807, 2.05) is 6.92 Å². The number of nitrogens with zero attached hydrogens (tertiary/aromatic N) is 1. The van der Waals surface area contributed by atoms with Crippen molar-refractivity contribution >= 4 is 23.6 Å². The van der Waals surface area contributed by atoms with Gasteiger partial charge in [-0.2, -0.15) is 0 Å². The van der Waals surface area contributed by atoms with E-state index in [0.29, 0.717) is 17.3 Å². The van der Waals surface area contributed by atoms with Gasteiger partial charge in [0.15, 0.2) is 5.16 Å². The van der Waals surface area contributed by atoms with Crippen molar-refractivity contribution in [3.8, 4) is 0 Å². The molecular formula is C16H17FN4O3S. The fourth-order valence-corrected chi connectivity index (χ4v) is 2.60. The van der Waals surface area contributed by atoms with E-state index in [1.54, 1.807) is 0 Å². The van der Waals surface area contributed by atoms with Gasteiger partial charge in [0.1, 0.15) is 5.82 Å². The average Bonchev–Trinajstić information content (AvgIpc) is 2.58. The van der Waals surface area contributed by atoms with Crippen LogP contribution >= 0.6 is 11.8 Å². The second-order valence-corrected chi connectivity index (χ2v) is 6.05. The van der Waals surface area contributed by atoms with Crippen LogP contribution in [0.1, 0.15) is 29.4 Å². The van der Waals surface area contributed by atoms with Gasteiger partial charge in [0, 0.05) is 17.3 Å². The zero-order valence-corrected chi connectivity index (χ0v) is 14.3. The lowest BCUT2D eigenvalue weighted by molar-refractivity contribution is -0.119. The number of aryl methyl sites for hydroxylation is 1. The maximum atomic E-state index is 12.8. The van der Waals surface area contributed by atoms with Gasteiger partial charge in [-0.25, -0.2) is 9.37 Å². The monoisotopic (exact) mass is 364 g/mol. The van der Waals surface area contributed by atoms with E-state index in [2.05, 4.69) is 20.8 Å². The van der Waals surface area contributed by atoms with Crippen molar-refractivity contribution in [1.29, 1.82) is 0 Å². The molecule has 2 rings (SSSR count). The van der Waals surface area contributed by atoms with Crippen LogP contribution in [0.3, 0.4) is 0 Å². The molecule has 0 unspecified atom stereocenters. The highest BCUT2D eigenvalue weighted by Crippen LogP contribution is 2.11. The molecule has 0 aliphatic heterocycles. The summed E-state index contributed by atoms with van der Waals surface area (Å²) in [5, 5.41) is 0.343. The van der Waals surface area contributed by atoms with Crippen LogP contribution in [0.4, 0.5) is 4.39 Å². The number of thioether (sulfide) groups is 1. The molecule has 2 aromatic rings. The summed E-state index contributed by atoms with van der Waals surface area (Å²) in [6, 6.07) is 6.34. The minimum atomic E-state index is -0.560. The van der Waals surface area contributed by atoms with Crippen molar-refractivity contribution in [2.24, 2.45) is 0 Å². The van der Waals surface area contributed by atoms with Gasteiger partial charge in [0.2, 0.25) is 5.91 Å². The summed E-state index contributed by atoms with van der Waals surface area (Å²) in [6.45, 7) is 1.98. The lowest BCUT2D eigenvalue weighted by atomic mass is 10.2. The maximum absolute atomic E-state index is 12.8. The van der Waals surface area contributed by atoms with Gasteiger partial charge < -0.3 is 4.98 Å². The molecule has 0 fully saturated rings. The van der Waals surface area contributed by atoms with E-state index in [0.717, 1.165) is 30.3 Å². The number of hydrazine groups is 1. The first kappa shape index (κ1) is 18.7. The van der Waals surface area contributed by atoms with Gasteiger partial charge in [-0.15, -0.1) is 0 Å². The zero-order chi connectivity index (χ0) is 18.2. The number of aromatic amines is 1. The first-order valence-corrected chi connectivity index (χ1v) is 8.54. The fraction of sp³-hybridized carbons (Fsp3) is 0.250. The first-order chi connectivity index (χ1) is 12.0. The maximum Gasteiger partial charge on any atom is 0.269 e. The van der Waals surface area contributed by atoms with Crippen LogP contribution in [-0.2, 0) is 11.2 Å². The van der Waals surface area contributed by atoms with E-state index in [-0.39, 0.29) is 16.9 Å². The minimum Gasteiger partial charge on any atom is -0.301 e. The SMILES string of the molecule is CCCc1cc(=O)[nH]c(SCC(=O)NNC(=O)c2ccc(F)cc2)n1. The largest absolute Gasteiger partial charge is 0.301 e. The molecule has 9 heteroatoms. The van der Waals surface area contributed by atoms with Crippen molar-refractivity contribution in [3.05, 3.63) is 57.8 Å². The highest BCUT2D eigenvalue weighted by molar-refractivity contribution is 7.99. The Balaban J connectivity index is 1.83. The van der Waals surface area contributed by atoms with E-state index in [4.69, 9.17) is 0 Å². The molecule has 2 amide bonds. The van der Waals surface area contributed by atoms with Gasteiger partial charge in [-0.1, -0.05) is 25.1 Å². The summed E-state index contributed by atoms with van der Waals surface area (Å²) in [4.78, 5) is 41.9. The van der Waals surface area contributed by atoms with Gasteiger partial charge in [-0.3, -0.25) is 25.2 Å². The Bertz CT molecular complexity index is 808. The molecule has 7 nitrogen and oxygen atoms in total. The minimum absolute atomic E-state index is 0.0395. The fourth-order valence-electron chi connectivity index (χ4n) is 1.91. The van der Waals surface area contributed by atoms with Crippen molar-refractivity contribution in [3.63, 3.8) is 0 Å². The van der Waals surface area contributed by atoms with Gasteiger partial charge in [0.25, 0.3) is 11.5 Å². The molecular weight excluding hydrogens is 347 g/mol. The second kappa shape index (κ2) is 8.97. The van der Waals surface area contributed by atoms with Crippen LogP contribution in [0.15, 0.2) is 40.3 Å². The summed E-state index contributed by atoms with van der Waals surface area (Å²) in [5.74, 6) is -1.52. The quantitative estimate of drug-likeness (QED) is 0.408. The Labute approximate surface area is 147 Å². The number of halogens is 1. The molecule has 0 radical (unpaired) electrons. The zero-order valence-electron chi connectivity index (χ0n) is 13.5. The molecule has 0 bridgehead atoms. The summed E-state index contributed by atoms with van der Waals surface area (Å²) in [7, 11) is 0. The van der Waals surface area contributed by atoms with E-state index < -0.39 is 17.6 Å². The number of benzene rings is 1. The summed E-state index contributed by atoms with van der Waals surface area (Å²) < 4.78 is 12.8. The molecule has 1 heterocycles. The van der Waals surface area contributed by atoms with E-state index in [1.165, 1.54) is 18.2 Å². The average molecular weight is 364 g/mol. The highest BCUT2D eigenvalue weighted by atomic mass is 32.2. The van der Waals surface area contributed by atoms with Crippen molar-refractivity contribution in [2.75, 3.05) is 5.75 Å². The van der Waals surface area contributed by atoms with Crippen molar-refractivity contribution < 1.29 is 14.0 Å². The van der Waals surface area contributed by atoms with Crippen molar-refractivity contribution in [2.45, 2.75) is 24.9 Å². The van der Waals surface area contributed by atoms with Crippen LogP contribution in [0.2, 0.25) is 0 Å². The number of hydrogen-bond donors (Lipinski definition) is 3. The molecule has 3 N–H and O–H groups in total. The number of hydrogen-bond acceptors (Lipinski definition) is 5. The van der Waals surface area contributed by atoms with E-state index in [9.17, 15) is 18.8 Å². The van der Waals surface area contributed by atoms with E-state index >= 15 is 0 Å². The molecule has 0 atom stereocenters. The number of carbonyl (C=O) groups is 2. The van der Waals surface area contributed by atoms with Crippen LogP contribution in [-0.4, -0.2) is 27.5 Å². The smallest absolute Gasteiger partial charge is 0.269 e. The number of carbonyl (C=O) groups excluding carboxylic acids is 2. The van der Waals surface area contributed by atoms with Crippen LogP contribution in [0, 0.1) is 5.82 Å². The predicted molar refractivity (Wildman–Crippen MR) is 91.6 cm³/mol. The van der Waals surface area contributed by atoms with Gasteiger partial charge in [0.05, 0.1) is 5.75 Å². The third-order valence-electron chi connectivity index (χ3n) is 3.04. The Hall–Kier alpha value is -2.68. The first-order valence-electron chi connectivity index (χ1n) is 7.55. The lowest BCUT2D eigenvalue weighted by Crippen LogP contribution is -2.42. The lowest BCUT2D eigenvalue weighted by Gasteiger charge is -2.07. The van der Waals surface area contributed by atoms with Crippen LogP contribution < -0.4 is 16.4 Å². The third kappa shape index (κ3) is 6.03. The molecule has 1 aromatic heterocycles. The van der Waals surface area contributed by atoms with Crippen LogP contribution in [0.5, 0.6) is 0 Å². The number of aromatic nitrogens is 2. The summed E-state index contributed by atoms with van der Waals surface area (Å²) in [5.41, 5.74) is 5.09. The summed E-state index contributed by atoms with van der Waals surface area (Å²) >= 11 is 1.05. The Morgan fingerprint density at radius 2 is 1.96 bits per heavy atom. The molecule has 0 spiro atoms. The predicted octanol–water partition coefficient (Wildman–Crippen LogP) is 1.41. The molecule has 0 saturated heterocycles. The molecule has 132 valence electrons. The highest BCUT2D eigenvalue weighted by Gasteiger charge is 2.09. The van der Waals surface area contributed by atoms with Crippen LogP contribution in [0.25, 0.3) is 0 Å². The molecule has 0 saturated carbocycles. The standard InChI is InChI=1S/C16H17FN4O3S/c1-2-3-12-8-13(22)19-16(18-12)25-9-14(23)20-21-15(24)10-4-6-11(17)7-5-10/h4-8H,2-3,9H2,1H3,(H,20,23)(H,21,24)(H,18,19,22). The normalized spacial score (nSPS) is 10.3. The molecule has 25 heavy (non-hydrogen) atoms. The van der Waals surface area contributed by atoms with Gasteiger partial charge >= 0.3 is 0 Å². The molecule has 0 aliphatic rings. The van der Waals surface area contributed by atoms with Gasteiger partial charge in [-0.05, 0) is 30.7 Å². The topological polar surface area (TPSA) is 104 Å². The number of H-pyrrole nitrogens is 1. The Morgan fingerprint density at radius 1 is 1.24 bits per heavy atom. The number of rotatable bonds is 6. The van der Waals surface area contributed by atoms with Crippen molar-refractivity contribution in [1.82, 2.24) is 20.8 Å². The third-order valence-corrected chi connectivity index (χ3v) is 3.91. The number of nitrogens with one attached hydrogen (secondary N) is 3. The summed E-state index contributed by atoms with van der Waals surface area (Å²) in [6.07, 6.45) is 1.54. The Kier molecular flexibility index (Phi) is 6.70.